The number of carbonyl (C=O) groups excluding carboxylic acids is 1. The van der Waals surface area contributed by atoms with E-state index >= 15 is 0 Å². The van der Waals surface area contributed by atoms with Crippen LogP contribution in [0.5, 0.6) is 5.88 Å². The summed E-state index contributed by atoms with van der Waals surface area (Å²) in [6, 6.07) is 13.0. The summed E-state index contributed by atoms with van der Waals surface area (Å²) in [5, 5.41) is 26.0. The van der Waals surface area contributed by atoms with Gasteiger partial charge in [0.05, 0.1) is 18.2 Å². The van der Waals surface area contributed by atoms with Gasteiger partial charge in [0, 0.05) is 6.07 Å². The minimum absolute atomic E-state index is 0.0904. The molecule has 1 heterocycles. The van der Waals surface area contributed by atoms with Crippen LogP contribution in [-0.4, -0.2) is 31.9 Å². The third-order valence-electron chi connectivity index (χ3n) is 4.47. The maximum atomic E-state index is 13.1. The number of aliphatic carboxylic acids is 1. The zero-order chi connectivity index (χ0) is 21.0. The molecule has 3 aromatic rings. The number of rotatable bonds is 7. The number of aromatic hydroxyl groups is 1. The molecule has 0 aliphatic rings. The molecule has 29 heavy (non-hydrogen) atoms. The molecular formula is C21H20FN3O4. The van der Waals surface area contributed by atoms with Gasteiger partial charge in [-0.2, -0.15) is 5.10 Å². The lowest BCUT2D eigenvalue weighted by Gasteiger charge is -2.17. The van der Waals surface area contributed by atoms with E-state index in [1.54, 1.807) is 12.1 Å². The number of carboxylic acid groups (broad SMARTS) is 1. The first-order chi connectivity index (χ1) is 13.9. The summed E-state index contributed by atoms with van der Waals surface area (Å²) >= 11 is 0. The Labute approximate surface area is 166 Å². The molecule has 7 nitrogen and oxygen atoms in total. The van der Waals surface area contributed by atoms with E-state index in [1.165, 1.54) is 24.3 Å². The number of halogens is 1. The highest BCUT2D eigenvalue weighted by molar-refractivity contribution is 5.93. The maximum absolute atomic E-state index is 13.1. The van der Waals surface area contributed by atoms with Gasteiger partial charge in [0.25, 0.3) is 5.91 Å². The first-order valence-electron chi connectivity index (χ1n) is 9.04. The topological polar surface area (TPSA) is 104 Å². The van der Waals surface area contributed by atoms with Gasteiger partial charge in [0.1, 0.15) is 5.82 Å². The second-order valence-electron chi connectivity index (χ2n) is 6.50. The van der Waals surface area contributed by atoms with Gasteiger partial charge >= 0.3 is 5.97 Å². The van der Waals surface area contributed by atoms with E-state index < -0.39 is 23.7 Å². The molecule has 1 amide bonds. The van der Waals surface area contributed by atoms with E-state index in [0.717, 1.165) is 22.7 Å². The van der Waals surface area contributed by atoms with Crippen LogP contribution >= 0.6 is 0 Å². The molecule has 3 rings (SSSR count). The summed E-state index contributed by atoms with van der Waals surface area (Å²) in [6.45, 7) is 2.01. The van der Waals surface area contributed by atoms with Crippen LogP contribution in [0.2, 0.25) is 0 Å². The fraction of sp³-hybridized carbons (Fsp3) is 0.190. The van der Waals surface area contributed by atoms with Crippen molar-refractivity contribution in [3.63, 3.8) is 0 Å². The molecule has 2 aromatic carbocycles. The molecule has 0 fully saturated rings. The van der Waals surface area contributed by atoms with Crippen molar-refractivity contribution < 1.29 is 24.2 Å². The average molecular weight is 397 g/mol. The number of hydrogen-bond acceptors (Lipinski definition) is 4. The zero-order valence-corrected chi connectivity index (χ0v) is 15.7. The highest BCUT2D eigenvalue weighted by Crippen LogP contribution is 2.21. The van der Waals surface area contributed by atoms with Crippen LogP contribution in [0.3, 0.4) is 0 Å². The number of amides is 1. The van der Waals surface area contributed by atoms with Gasteiger partial charge < -0.3 is 15.5 Å². The number of benzene rings is 2. The number of nitrogens with one attached hydrogen (secondary N) is 1. The van der Waals surface area contributed by atoms with Crippen molar-refractivity contribution in [1.29, 1.82) is 0 Å². The predicted octanol–water partition coefficient (Wildman–Crippen LogP) is 3.23. The Morgan fingerprint density at radius 1 is 1.14 bits per heavy atom. The van der Waals surface area contributed by atoms with Gasteiger partial charge in [0.2, 0.25) is 5.88 Å². The summed E-state index contributed by atoms with van der Waals surface area (Å²) in [4.78, 5) is 23.9. The number of carboxylic acids is 1. The summed E-state index contributed by atoms with van der Waals surface area (Å²) in [5.74, 6) is -2.44. The fourth-order valence-electron chi connectivity index (χ4n) is 2.90. The van der Waals surface area contributed by atoms with Gasteiger partial charge in [-0.25, -0.2) is 9.07 Å². The summed E-state index contributed by atoms with van der Waals surface area (Å²) in [5.41, 5.74) is 2.03. The van der Waals surface area contributed by atoms with Crippen molar-refractivity contribution >= 4 is 11.9 Å². The molecule has 1 aromatic heterocycles. The summed E-state index contributed by atoms with van der Waals surface area (Å²) in [6.07, 6.45) is 0.540. The number of hydrogen-bond donors (Lipinski definition) is 3. The van der Waals surface area contributed by atoms with Gasteiger partial charge in [-0.1, -0.05) is 31.2 Å². The highest BCUT2D eigenvalue weighted by Gasteiger charge is 2.22. The van der Waals surface area contributed by atoms with Crippen LogP contribution in [0, 0.1) is 5.82 Å². The van der Waals surface area contributed by atoms with Crippen molar-refractivity contribution in [3.8, 4) is 11.6 Å². The number of aryl methyl sites for hydroxylation is 1. The molecule has 1 atom stereocenters. The number of aromatic nitrogens is 2. The van der Waals surface area contributed by atoms with Crippen LogP contribution in [0.15, 0.2) is 54.6 Å². The second kappa shape index (κ2) is 8.55. The standard InChI is InChI=1S/C21H20FN3O4/c1-2-13-3-5-14(6-4-13)17(12-20(27)28)23-21(29)18-11-19(26)25(24-18)16-9-7-15(22)8-10-16/h3-11,17,26H,2,12H2,1H3,(H,23,29)(H,27,28). The molecule has 8 heteroatoms. The smallest absolute Gasteiger partial charge is 0.305 e. The van der Waals surface area contributed by atoms with Crippen LogP contribution in [0.25, 0.3) is 5.69 Å². The molecule has 150 valence electrons. The molecule has 0 saturated heterocycles. The number of carbonyl (C=O) groups is 2. The van der Waals surface area contributed by atoms with E-state index in [4.69, 9.17) is 0 Å². The van der Waals surface area contributed by atoms with Crippen molar-refractivity contribution in [2.24, 2.45) is 0 Å². The highest BCUT2D eigenvalue weighted by atomic mass is 19.1. The van der Waals surface area contributed by atoms with E-state index in [2.05, 4.69) is 10.4 Å². The Morgan fingerprint density at radius 2 is 1.79 bits per heavy atom. The molecule has 3 N–H and O–H groups in total. The monoisotopic (exact) mass is 397 g/mol. The molecule has 0 spiro atoms. The van der Waals surface area contributed by atoms with Gasteiger partial charge in [-0.05, 0) is 41.8 Å². The van der Waals surface area contributed by atoms with E-state index in [1.807, 2.05) is 19.1 Å². The Hall–Kier alpha value is -3.68. The second-order valence-corrected chi connectivity index (χ2v) is 6.50. The molecule has 0 aliphatic carbocycles. The van der Waals surface area contributed by atoms with Crippen molar-refractivity contribution in [2.75, 3.05) is 0 Å². The van der Waals surface area contributed by atoms with E-state index in [-0.39, 0.29) is 18.0 Å². The van der Waals surface area contributed by atoms with Crippen molar-refractivity contribution in [3.05, 3.63) is 77.2 Å². The molecule has 1 unspecified atom stereocenters. The lowest BCUT2D eigenvalue weighted by molar-refractivity contribution is -0.137. The third-order valence-corrected chi connectivity index (χ3v) is 4.47. The Balaban J connectivity index is 1.83. The summed E-state index contributed by atoms with van der Waals surface area (Å²) in [7, 11) is 0. The van der Waals surface area contributed by atoms with E-state index in [9.17, 15) is 24.2 Å². The number of nitrogens with zero attached hydrogens (tertiary/aromatic N) is 2. The first-order valence-corrected chi connectivity index (χ1v) is 9.04. The maximum Gasteiger partial charge on any atom is 0.305 e. The normalized spacial score (nSPS) is 11.8. The largest absolute Gasteiger partial charge is 0.493 e. The SMILES string of the molecule is CCc1ccc(C(CC(=O)O)NC(=O)c2cc(O)n(-c3ccc(F)cc3)n2)cc1. The average Bonchev–Trinajstić information content (AvgIpc) is 3.09. The first kappa shape index (κ1) is 20.1. The molecule has 0 radical (unpaired) electrons. The van der Waals surface area contributed by atoms with Crippen molar-refractivity contribution in [2.45, 2.75) is 25.8 Å². The van der Waals surface area contributed by atoms with Crippen molar-refractivity contribution in [1.82, 2.24) is 15.1 Å². The molecule has 0 aliphatic heterocycles. The third kappa shape index (κ3) is 4.78. The fourth-order valence-corrected chi connectivity index (χ4v) is 2.90. The lowest BCUT2D eigenvalue weighted by atomic mass is 10.0. The van der Waals surface area contributed by atoms with Gasteiger partial charge in [-0.3, -0.25) is 9.59 Å². The van der Waals surface area contributed by atoms with Crippen LogP contribution in [0.4, 0.5) is 4.39 Å². The minimum Gasteiger partial charge on any atom is -0.493 e. The van der Waals surface area contributed by atoms with Gasteiger partial charge in [-0.15, -0.1) is 0 Å². The summed E-state index contributed by atoms with van der Waals surface area (Å²) < 4.78 is 14.2. The van der Waals surface area contributed by atoms with Crippen LogP contribution in [-0.2, 0) is 11.2 Å². The Morgan fingerprint density at radius 3 is 2.38 bits per heavy atom. The lowest BCUT2D eigenvalue weighted by Crippen LogP contribution is -2.30. The molecule has 0 bridgehead atoms. The van der Waals surface area contributed by atoms with Gasteiger partial charge in [0.15, 0.2) is 5.69 Å². The Kier molecular flexibility index (Phi) is 5.92. The molecule has 0 saturated carbocycles. The minimum atomic E-state index is -1.06. The Bertz CT molecular complexity index is 1010. The van der Waals surface area contributed by atoms with E-state index in [0.29, 0.717) is 11.3 Å². The van der Waals surface area contributed by atoms with Crippen LogP contribution < -0.4 is 5.32 Å². The zero-order valence-electron chi connectivity index (χ0n) is 15.7. The quantitative estimate of drug-likeness (QED) is 0.568. The van der Waals surface area contributed by atoms with Crippen LogP contribution in [0.1, 0.15) is 41.0 Å². The predicted molar refractivity (Wildman–Crippen MR) is 103 cm³/mol. The molecular weight excluding hydrogens is 377 g/mol.